The van der Waals surface area contributed by atoms with Gasteiger partial charge < -0.3 is 0 Å². The van der Waals surface area contributed by atoms with Crippen molar-refractivity contribution in [1.82, 2.24) is 4.90 Å². The van der Waals surface area contributed by atoms with Crippen molar-refractivity contribution in [3.05, 3.63) is 46.0 Å². The largest absolute Gasteiger partial charge is 0.269 e. The highest BCUT2D eigenvalue weighted by molar-refractivity contribution is 6.13. The number of aryl methyl sites for hydroxylation is 1. The van der Waals surface area contributed by atoms with E-state index in [1.54, 1.807) is 0 Å². The third kappa shape index (κ3) is 1.65. The molecule has 0 saturated heterocycles. The van der Waals surface area contributed by atoms with Crippen LogP contribution >= 0.6 is 0 Å². The lowest BCUT2D eigenvalue weighted by Crippen LogP contribution is -2.33. The fraction of sp³-hybridized carbons (Fsp3) is 0.375. The monoisotopic (exact) mass is 255 g/mol. The van der Waals surface area contributed by atoms with Gasteiger partial charge in [-0.25, -0.2) is 0 Å². The van der Waals surface area contributed by atoms with Crippen molar-refractivity contribution in [2.75, 3.05) is 0 Å². The Labute approximate surface area is 112 Å². The molecule has 98 valence electrons. The molecule has 0 radical (unpaired) electrons. The molecule has 1 aromatic rings. The fourth-order valence-electron chi connectivity index (χ4n) is 3.22. The van der Waals surface area contributed by atoms with Gasteiger partial charge in [-0.15, -0.1) is 0 Å². The van der Waals surface area contributed by atoms with Crippen molar-refractivity contribution in [3.63, 3.8) is 0 Å². The van der Waals surface area contributed by atoms with E-state index in [-0.39, 0.29) is 17.9 Å². The van der Waals surface area contributed by atoms with Crippen molar-refractivity contribution in [2.24, 2.45) is 0 Å². The number of carbonyl (C=O) groups is 2. The SMILES string of the molecule is Cc1cc2c(c(C)c1C)CC[C@@H]2N1C(=O)C=CC1=O. The molecule has 0 saturated carbocycles. The molecule has 1 aliphatic carbocycles. The summed E-state index contributed by atoms with van der Waals surface area (Å²) in [5.41, 5.74) is 6.34. The Morgan fingerprint density at radius 3 is 2.32 bits per heavy atom. The van der Waals surface area contributed by atoms with Gasteiger partial charge in [-0.2, -0.15) is 0 Å². The molecule has 0 spiro atoms. The zero-order valence-electron chi connectivity index (χ0n) is 11.5. The van der Waals surface area contributed by atoms with Crippen molar-refractivity contribution >= 4 is 11.8 Å². The van der Waals surface area contributed by atoms with Crippen LogP contribution in [-0.2, 0) is 16.0 Å². The smallest absolute Gasteiger partial charge is 0.254 e. The molecule has 1 aromatic carbocycles. The number of amides is 2. The van der Waals surface area contributed by atoms with Crippen LogP contribution in [0.4, 0.5) is 0 Å². The number of hydrogen-bond donors (Lipinski definition) is 0. The number of nitrogens with zero attached hydrogens (tertiary/aromatic N) is 1. The second-order valence-electron chi connectivity index (χ2n) is 5.45. The summed E-state index contributed by atoms with van der Waals surface area (Å²) in [5.74, 6) is -0.363. The van der Waals surface area contributed by atoms with E-state index in [0.717, 1.165) is 18.4 Å². The van der Waals surface area contributed by atoms with Crippen LogP contribution in [0.5, 0.6) is 0 Å². The van der Waals surface area contributed by atoms with Crippen LogP contribution < -0.4 is 0 Å². The summed E-state index contributed by atoms with van der Waals surface area (Å²) in [7, 11) is 0. The van der Waals surface area contributed by atoms with E-state index in [0.29, 0.717) is 0 Å². The van der Waals surface area contributed by atoms with Crippen LogP contribution in [0.1, 0.15) is 40.3 Å². The van der Waals surface area contributed by atoms with Gasteiger partial charge in [-0.3, -0.25) is 14.5 Å². The molecule has 0 aromatic heterocycles. The molecular weight excluding hydrogens is 238 g/mol. The number of imide groups is 1. The molecule has 2 amide bonds. The summed E-state index contributed by atoms with van der Waals surface area (Å²) >= 11 is 0. The lowest BCUT2D eigenvalue weighted by molar-refractivity contribution is -0.139. The Morgan fingerprint density at radius 2 is 1.68 bits per heavy atom. The minimum absolute atomic E-state index is 0.0806. The van der Waals surface area contributed by atoms with Crippen LogP contribution in [0.2, 0.25) is 0 Å². The lowest BCUT2D eigenvalue weighted by atomic mass is 9.94. The van der Waals surface area contributed by atoms with Gasteiger partial charge >= 0.3 is 0 Å². The molecule has 1 aliphatic heterocycles. The number of carbonyl (C=O) groups excluding carboxylic acids is 2. The summed E-state index contributed by atoms with van der Waals surface area (Å²) < 4.78 is 0. The van der Waals surface area contributed by atoms with E-state index >= 15 is 0 Å². The molecule has 3 rings (SSSR count). The third-order valence-corrected chi connectivity index (χ3v) is 4.51. The van der Waals surface area contributed by atoms with Crippen molar-refractivity contribution in [2.45, 2.75) is 39.7 Å². The van der Waals surface area contributed by atoms with E-state index in [1.807, 2.05) is 0 Å². The quantitative estimate of drug-likeness (QED) is 0.723. The van der Waals surface area contributed by atoms with Gasteiger partial charge in [0.25, 0.3) is 11.8 Å². The Balaban J connectivity index is 2.08. The maximum Gasteiger partial charge on any atom is 0.254 e. The maximum absolute atomic E-state index is 11.8. The molecular formula is C16H17NO2. The standard InChI is InChI=1S/C16H17NO2/c1-9-8-13-12(11(3)10(9)2)4-5-14(13)17-15(18)6-7-16(17)19/h6-8,14H,4-5H2,1-3H3/t14-/m0/s1. The molecule has 0 bridgehead atoms. The van der Waals surface area contributed by atoms with Crippen LogP contribution in [0.3, 0.4) is 0 Å². The first kappa shape index (κ1) is 12.2. The Bertz CT molecular complexity index is 610. The Kier molecular flexibility index (Phi) is 2.59. The molecule has 0 fully saturated rings. The predicted octanol–water partition coefficient (Wildman–Crippen LogP) is 2.52. The van der Waals surface area contributed by atoms with Gasteiger partial charge in [0, 0.05) is 12.2 Å². The first-order valence-electron chi connectivity index (χ1n) is 6.65. The van der Waals surface area contributed by atoms with Gasteiger partial charge in [0.1, 0.15) is 0 Å². The molecule has 0 unspecified atom stereocenters. The minimum atomic E-state index is -0.182. The van der Waals surface area contributed by atoms with Gasteiger partial charge in [-0.1, -0.05) is 6.07 Å². The van der Waals surface area contributed by atoms with E-state index < -0.39 is 0 Å². The highest BCUT2D eigenvalue weighted by Crippen LogP contribution is 2.40. The van der Waals surface area contributed by atoms with E-state index in [9.17, 15) is 9.59 Å². The van der Waals surface area contributed by atoms with Crippen LogP contribution in [0.15, 0.2) is 18.2 Å². The average molecular weight is 255 g/mol. The second kappa shape index (κ2) is 4.05. The molecule has 1 atom stereocenters. The fourth-order valence-corrected chi connectivity index (χ4v) is 3.22. The third-order valence-electron chi connectivity index (χ3n) is 4.51. The highest BCUT2D eigenvalue weighted by atomic mass is 16.2. The number of rotatable bonds is 1. The van der Waals surface area contributed by atoms with Crippen LogP contribution in [0.25, 0.3) is 0 Å². The number of benzene rings is 1. The van der Waals surface area contributed by atoms with Crippen LogP contribution in [-0.4, -0.2) is 16.7 Å². The number of fused-ring (bicyclic) bond motifs is 1. The minimum Gasteiger partial charge on any atom is -0.269 e. The first-order chi connectivity index (χ1) is 9.00. The molecule has 2 aliphatic rings. The summed E-state index contributed by atoms with van der Waals surface area (Å²) in [6.07, 6.45) is 4.53. The number of hydrogen-bond acceptors (Lipinski definition) is 2. The lowest BCUT2D eigenvalue weighted by Gasteiger charge is -2.23. The van der Waals surface area contributed by atoms with Crippen molar-refractivity contribution in [1.29, 1.82) is 0 Å². The van der Waals surface area contributed by atoms with E-state index in [4.69, 9.17) is 0 Å². The van der Waals surface area contributed by atoms with E-state index in [2.05, 4.69) is 26.8 Å². The van der Waals surface area contributed by atoms with Gasteiger partial charge in [0.15, 0.2) is 0 Å². The highest BCUT2D eigenvalue weighted by Gasteiger charge is 2.36. The summed E-state index contributed by atoms with van der Waals surface area (Å²) in [6.45, 7) is 6.35. The summed E-state index contributed by atoms with van der Waals surface area (Å²) in [6, 6.07) is 2.07. The molecule has 0 N–H and O–H groups in total. The Hall–Kier alpha value is -1.90. The summed E-state index contributed by atoms with van der Waals surface area (Å²) in [4.78, 5) is 25.1. The molecule has 3 nitrogen and oxygen atoms in total. The van der Waals surface area contributed by atoms with Gasteiger partial charge in [0.2, 0.25) is 0 Å². The predicted molar refractivity (Wildman–Crippen MR) is 72.7 cm³/mol. The zero-order valence-corrected chi connectivity index (χ0v) is 11.5. The zero-order chi connectivity index (χ0) is 13.7. The van der Waals surface area contributed by atoms with Crippen LogP contribution in [0, 0.1) is 20.8 Å². The van der Waals surface area contributed by atoms with Crippen molar-refractivity contribution < 1.29 is 9.59 Å². The maximum atomic E-state index is 11.8. The van der Waals surface area contributed by atoms with E-state index in [1.165, 1.54) is 39.3 Å². The van der Waals surface area contributed by atoms with Gasteiger partial charge in [-0.05, 0) is 61.4 Å². The first-order valence-corrected chi connectivity index (χ1v) is 6.65. The van der Waals surface area contributed by atoms with Gasteiger partial charge in [0.05, 0.1) is 6.04 Å². The topological polar surface area (TPSA) is 37.4 Å². The van der Waals surface area contributed by atoms with Crippen molar-refractivity contribution in [3.8, 4) is 0 Å². The molecule has 1 heterocycles. The Morgan fingerprint density at radius 1 is 1.05 bits per heavy atom. The second-order valence-corrected chi connectivity index (χ2v) is 5.45. The average Bonchev–Trinajstić information content (AvgIpc) is 2.91. The molecule has 19 heavy (non-hydrogen) atoms. The normalized spacial score (nSPS) is 21.4. The summed E-state index contributed by atoms with van der Waals surface area (Å²) in [5, 5.41) is 0. The molecule has 3 heteroatoms.